The Morgan fingerprint density at radius 2 is 1.88 bits per heavy atom. The molecule has 0 saturated heterocycles. The van der Waals surface area contributed by atoms with Gasteiger partial charge in [0.05, 0.1) is 10.5 Å². The number of hydrogen-bond donors (Lipinski definition) is 2. The number of rotatable bonds is 10. The lowest BCUT2D eigenvalue weighted by molar-refractivity contribution is 0.0789. The molecule has 0 atom stereocenters. The summed E-state index contributed by atoms with van der Waals surface area (Å²) in [5, 5.41) is 0. The zero-order chi connectivity index (χ0) is 17.3. The van der Waals surface area contributed by atoms with Crippen LogP contribution in [0.25, 0.3) is 0 Å². The molecule has 0 aliphatic rings. The first-order valence-corrected chi connectivity index (χ1v) is 9.46. The average Bonchev–Trinajstić information content (AvgIpc) is 2.56. The fourth-order valence-corrected chi connectivity index (χ4v) is 3.40. The molecule has 0 fully saturated rings. The zero-order valence-corrected chi connectivity index (χ0v) is 16.0. The molecule has 1 amide bonds. The van der Waals surface area contributed by atoms with Crippen molar-refractivity contribution in [2.75, 3.05) is 26.7 Å². The monoisotopic (exact) mass is 377 g/mol. The number of nitrogens with one attached hydrogen (secondary N) is 1. The van der Waals surface area contributed by atoms with Crippen LogP contribution in [-0.2, 0) is 10.0 Å². The molecule has 1 aromatic carbocycles. The van der Waals surface area contributed by atoms with Gasteiger partial charge in [-0.15, -0.1) is 12.4 Å². The lowest BCUT2D eigenvalue weighted by atomic mass is 10.2. The first-order valence-electron chi connectivity index (χ1n) is 7.98. The highest BCUT2D eigenvalue weighted by molar-refractivity contribution is 7.89. The van der Waals surface area contributed by atoms with E-state index in [0.717, 1.165) is 19.3 Å². The minimum Gasteiger partial charge on any atom is -0.342 e. The van der Waals surface area contributed by atoms with Crippen LogP contribution in [0.5, 0.6) is 0 Å². The van der Waals surface area contributed by atoms with E-state index in [-0.39, 0.29) is 28.8 Å². The first kappa shape index (κ1) is 22.9. The summed E-state index contributed by atoms with van der Waals surface area (Å²) in [5.74, 6) is -0.276. The molecule has 1 rings (SSSR count). The van der Waals surface area contributed by atoms with Crippen LogP contribution in [0, 0.1) is 0 Å². The van der Waals surface area contributed by atoms with Crippen molar-refractivity contribution in [2.24, 2.45) is 5.73 Å². The lowest BCUT2D eigenvalue weighted by Crippen LogP contribution is -2.31. The van der Waals surface area contributed by atoms with Crippen LogP contribution < -0.4 is 10.5 Å². The molecular weight excluding hydrogens is 350 g/mol. The van der Waals surface area contributed by atoms with Gasteiger partial charge in [0.25, 0.3) is 5.91 Å². The summed E-state index contributed by atoms with van der Waals surface area (Å²) in [6, 6.07) is 6.32. The van der Waals surface area contributed by atoms with Gasteiger partial charge >= 0.3 is 0 Å². The molecule has 3 N–H and O–H groups in total. The summed E-state index contributed by atoms with van der Waals surface area (Å²) in [7, 11) is -2.02. The molecule has 0 spiro atoms. The Kier molecular flexibility index (Phi) is 10.9. The summed E-state index contributed by atoms with van der Waals surface area (Å²) in [4.78, 5) is 14.1. The van der Waals surface area contributed by atoms with Gasteiger partial charge < -0.3 is 10.6 Å². The highest BCUT2D eigenvalue weighted by Crippen LogP contribution is 2.17. The lowest BCUT2D eigenvalue weighted by Gasteiger charge is -2.19. The van der Waals surface area contributed by atoms with Crippen molar-refractivity contribution in [1.29, 1.82) is 0 Å². The molecule has 0 aliphatic heterocycles. The number of hydrogen-bond acceptors (Lipinski definition) is 4. The second-order valence-corrected chi connectivity index (χ2v) is 7.21. The fraction of sp³-hybridized carbons (Fsp3) is 0.562. The van der Waals surface area contributed by atoms with E-state index in [4.69, 9.17) is 5.73 Å². The summed E-state index contributed by atoms with van der Waals surface area (Å²) in [6.07, 6.45) is 3.28. The number of sulfonamides is 1. The quantitative estimate of drug-likeness (QED) is 0.610. The van der Waals surface area contributed by atoms with Crippen LogP contribution >= 0.6 is 12.4 Å². The Labute approximate surface area is 151 Å². The van der Waals surface area contributed by atoms with Gasteiger partial charge in [0.1, 0.15) is 0 Å². The summed E-state index contributed by atoms with van der Waals surface area (Å²) >= 11 is 0. The van der Waals surface area contributed by atoms with Crippen molar-refractivity contribution in [3.8, 4) is 0 Å². The van der Waals surface area contributed by atoms with Gasteiger partial charge in [-0.3, -0.25) is 4.79 Å². The largest absolute Gasteiger partial charge is 0.342 e. The van der Waals surface area contributed by atoms with Crippen molar-refractivity contribution in [2.45, 2.75) is 37.5 Å². The molecule has 8 heteroatoms. The van der Waals surface area contributed by atoms with Crippen LogP contribution in [0.1, 0.15) is 43.0 Å². The molecule has 6 nitrogen and oxygen atoms in total. The van der Waals surface area contributed by atoms with Crippen LogP contribution in [0.15, 0.2) is 29.2 Å². The van der Waals surface area contributed by atoms with Crippen molar-refractivity contribution in [3.63, 3.8) is 0 Å². The predicted molar refractivity (Wildman–Crippen MR) is 99.0 cm³/mol. The third-order valence-corrected chi connectivity index (χ3v) is 5.04. The molecule has 0 aromatic heterocycles. The zero-order valence-electron chi connectivity index (χ0n) is 14.3. The van der Waals surface area contributed by atoms with E-state index < -0.39 is 10.0 Å². The van der Waals surface area contributed by atoms with Gasteiger partial charge in [0.15, 0.2) is 0 Å². The van der Waals surface area contributed by atoms with Gasteiger partial charge in [-0.1, -0.05) is 25.5 Å². The van der Waals surface area contributed by atoms with Gasteiger partial charge in [0.2, 0.25) is 10.0 Å². The average molecular weight is 378 g/mol. The van der Waals surface area contributed by atoms with Gasteiger partial charge in [-0.2, -0.15) is 0 Å². The third-order valence-electron chi connectivity index (χ3n) is 3.52. The van der Waals surface area contributed by atoms with Crippen LogP contribution in [0.3, 0.4) is 0 Å². The van der Waals surface area contributed by atoms with E-state index in [2.05, 4.69) is 4.72 Å². The molecule has 0 radical (unpaired) electrons. The predicted octanol–water partition coefficient (Wildman–Crippen LogP) is 2.00. The fourth-order valence-electron chi connectivity index (χ4n) is 2.13. The molecule has 0 bridgehead atoms. The standard InChI is InChI=1S/C16H27N3O3S.ClH/c1-3-4-13-19(2)16(20)14-9-5-6-10-15(14)23(21,22)18-12-8-7-11-17;/h5-6,9-10,18H,3-4,7-8,11-13,17H2,1-2H3;1H. The number of unbranched alkanes of at least 4 members (excludes halogenated alkanes) is 2. The second-order valence-electron chi connectivity index (χ2n) is 5.47. The molecule has 24 heavy (non-hydrogen) atoms. The minimum atomic E-state index is -3.71. The minimum absolute atomic E-state index is 0. The smallest absolute Gasteiger partial charge is 0.254 e. The van der Waals surface area contributed by atoms with Crippen LogP contribution in [0.4, 0.5) is 0 Å². The normalized spacial score (nSPS) is 11.0. The van der Waals surface area contributed by atoms with E-state index in [1.165, 1.54) is 6.07 Å². The Morgan fingerprint density at radius 1 is 1.21 bits per heavy atom. The van der Waals surface area contributed by atoms with Crippen molar-refractivity contribution in [3.05, 3.63) is 29.8 Å². The van der Waals surface area contributed by atoms with E-state index >= 15 is 0 Å². The number of nitrogens with zero attached hydrogens (tertiary/aromatic N) is 1. The number of carbonyl (C=O) groups is 1. The van der Waals surface area contributed by atoms with E-state index in [1.54, 1.807) is 30.1 Å². The summed E-state index contributed by atoms with van der Waals surface area (Å²) in [6.45, 7) is 3.49. The molecule has 0 heterocycles. The van der Waals surface area contributed by atoms with Gasteiger partial charge in [-0.05, 0) is 37.9 Å². The van der Waals surface area contributed by atoms with Crippen LogP contribution in [-0.4, -0.2) is 45.9 Å². The maximum Gasteiger partial charge on any atom is 0.254 e. The van der Waals surface area contributed by atoms with E-state index in [9.17, 15) is 13.2 Å². The Morgan fingerprint density at radius 3 is 2.50 bits per heavy atom. The Balaban J connectivity index is 0.00000529. The first-order chi connectivity index (χ1) is 10.9. The number of benzene rings is 1. The third kappa shape index (κ3) is 6.76. The second kappa shape index (κ2) is 11.4. The molecule has 0 unspecified atom stereocenters. The summed E-state index contributed by atoms with van der Waals surface area (Å²) < 4.78 is 27.4. The molecule has 138 valence electrons. The van der Waals surface area contributed by atoms with Gasteiger partial charge in [-0.25, -0.2) is 13.1 Å². The summed E-state index contributed by atoms with van der Waals surface area (Å²) in [5.41, 5.74) is 5.61. The maximum atomic E-state index is 12.5. The van der Waals surface area contributed by atoms with Crippen molar-refractivity contribution in [1.82, 2.24) is 9.62 Å². The maximum absolute atomic E-state index is 12.5. The van der Waals surface area contributed by atoms with Gasteiger partial charge in [0, 0.05) is 20.1 Å². The van der Waals surface area contributed by atoms with E-state index in [0.29, 0.717) is 26.1 Å². The van der Waals surface area contributed by atoms with Crippen molar-refractivity contribution >= 4 is 28.3 Å². The molecule has 1 aromatic rings. The number of nitrogens with two attached hydrogens (primary N) is 1. The number of halogens is 1. The topological polar surface area (TPSA) is 92.5 Å². The Hall–Kier alpha value is -1.15. The van der Waals surface area contributed by atoms with Crippen molar-refractivity contribution < 1.29 is 13.2 Å². The van der Waals surface area contributed by atoms with Crippen LogP contribution in [0.2, 0.25) is 0 Å². The molecular formula is C16H28ClN3O3S. The van der Waals surface area contributed by atoms with E-state index in [1.807, 2.05) is 6.92 Å². The number of carbonyl (C=O) groups excluding carboxylic acids is 1. The SMILES string of the molecule is CCCCN(C)C(=O)c1ccccc1S(=O)(=O)NCCCCN.Cl. The highest BCUT2D eigenvalue weighted by Gasteiger charge is 2.23. The highest BCUT2D eigenvalue weighted by atomic mass is 35.5. The molecule has 0 aliphatic carbocycles. The molecule has 0 saturated carbocycles. The number of amides is 1. The Bertz CT molecular complexity index is 608.